The van der Waals surface area contributed by atoms with Crippen molar-refractivity contribution < 1.29 is 19.7 Å². The smallest absolute Gasteiger partial charge is 0.306 e. The molecule has 0 aliphatic heterocycles. The van der Waals surface area contributed by atoms with Crippen LogP contribution in [0.15, 0.2) is 18.2 Å². The summed E-state index contributed by atoms with van der Waals surface area (Å²) in [5.74, 6) is -0.387. The van der Waals surface area contributed by atoms with E-state index in [4.69, 9.17) is 9.84 Å². The summed E-state index contributed by atoms with van der Waals surface area (Å²) >= 11 is 0. The van der Waals surface area contributed by atoms with Crippen LogP contribution in [-0.4, -0.2) is 23.3 Å². The molecule has 1 aromatic rings. The van der Waals surface area contributed by atoms with Gasteiger partial charge in [-0.3, -0.25) is 4.79 Å². The zero-order chi connectivity index (χ0) is 12.1. The highest BCUT2D eigenvalue weighted by molar-refractivity contribution is 5.69. The second kappa shape index (κ2) is 5.39. The van der Waals surface area contributed by atoms with Gasteiger partial charge in [0.2, 0.25) is 0 Å². The van der Waals surface area contributed by atoms with Crippen molar-refractivity contribution in [3.05, 3.63) is 23.8 Å². The lowest BCUT2D eigenvalue weighted by molar-refractivity contribution is -0.141. The number of hydrogen-bond acceptors (Lipinski definition) is 3. The first-order chi connectivity index (χ1) is 7.54. The predicted molar refractivity (Wildman–Crippen MR) is 59.8 cm³/mol. The zero-order valence-corrected chi connectivity index (χ0v) is 9.43. The van der Waals surface area contributed by atoms with E-state index in [0.29, 0.717) is 24.2 Å². The van der Waals surface area contributed by atoms with E-state index in [2.05, 4.69) is 0 Å². The van der Waals surface area contributed by atoms with E-state index >= 15 is 0 Å². The highest BCUT2D eigenvalue weighted by Crippen LogP contribution is 2.25. The Morgan fingerprint density at radius 1 is 1.50 bits per heavy atom. The fourth-order valence-electron chi connectivity index (χ4n) is 1.38. The molecule has 0 amide bonds. The molecule has 0 heterocycles. The highest BCUT2D eigenvalue weighted by Gasteiger charge is 2.12. The molecular formula is C12H16O4. The van der Waals surface area contributed by atoms with Crippen molar-refractivity contribution in [3.63, 3.8) is 0 Å². The Bertz CT molecular complexity index is 373. The molecule has 1 atom stereocenters. The molecule has 16 heavy (non-hydrogen) atoms. The maximum absolute atomic E-state index is 10.6. The molecule has 1 rings (SSSR count). The van der Waals surface area contributed by atoms with Crippen LogP contribution >= 0.6 is 0 Å². The van der Waals surface area contributed by atoms with E-state index in [0.717, 1.165) is 0 Å². The second-order valence-corrected chi connectivity index (χ2v) is 3.77. The molecule has 0 aliphatic carbocycles. The molecule has 0 spiro atoms. The van der Waals surface area contributed by atoms with Crippen molar-refractivity contribution in [1.29, 1.82) is 0 Å². The number of aliphatic carboxylic acids is 1. The third-order valence-corrected chi connectivity index (χ3v) is 2.55. The third-order valence-electron chi connectivity index (χ3n) is 2.55. The molecule has 88 valence electrons. The maximum Gasteiger partial charge on any atom is 0.306 e. The van der Waals surface area contributed by atoms with Crippen LogP contribution in [0.3, 0.4) is 0 Å². The molecule has 4 nitrogen and oxygen atoms in total. The standard InChI is InChI=1S/C12H16O4/c1-8(12(14)15)3-4-9-7-10(16-2)5-6-11(9)13/h5-8,13H,3-4H2,1-2H3,(H,14,15). The lowest BCUT2D eigenvalue weighted by Gasteiger charge is -2.09. The van der Waals surface area contributed by atoms with Crippen molar-refractivity contribution in [2.45, 2.75) is 19.8 Å². The first-order valence-electron chi connectivity index (χ1n) is 5.13. The zero-order valence-electron chi connectivity index (χ0n) is 9.43. The van der Waals surface area contributed by atoms with Crippen molar-refractivity contribution in [3.8, 4) is 11.5 Å². The average molecular weight is 224 g/mol. The summed E-state index contributed by atoms with van der Waals surface area (Å²) in [4.78, 5) is 10.6. The summed E-state index contributed by atoms with van der Waals surface area (Å²) in [6, 6.07) is 4.95. The van der Waals surface area contributed by atoms with Crippen LogP contribution in [0, 0.1) is 5.92 Å². The fourth-order valence-corrected chi connectivity index (χ4v) is 1.38. The lowest BCUT2D eigenvalue weighted by Crippen LogP contribution is -2.10. The number of phenolic OH excluding ortho intramolecular Hbond substituents is 1. The van der Waals surface area contributed by atoms with Gasteiger partial charge in [-0.25, -0.2) is 0 Å². The summed E-state index contributed by atoms with van der Waals surface area (Å²) < 4.78 is 5.04. The molecule has 0 radical (unpaired) electrons. The molecule has 0 saturated heterocycles. The molecule has 0 fully saturated rings. The predicted octanol–water partition coefficient (Wildman–Crippen LogP) is 2.05. The fraction of sp³-hybridized carbons (Fsp3) is 0.417. The maximum atomic E-state index is 10.6. The van der Waals surface area contributed by atoms with Crippen LogP contribution < -0.4 is 4.74 Å². The molecular weight excluding hydrogens is 208 g/mol. The quantitative estimate of drug-likeness (QED) is 0.803. The lowest BCUT2D eigenvalue weighted by atomic mass is 10.0. The summed E-state index contributed by atoms with van der Waals surface area (Å²) in [7, 11) is 1.55. The number of methoxy groups -OCH3 is 1. The van der Waals surface area contributed by atoms with Crippen LogP contribution in [0.1, 0.15) is 18.9 Å². The Labute approximate surface area is 94.5 Å². The molecule has 0 aromatic heterocycles. The number of carboxylic acids is 1. The topological polar surface area (TPSA) is 66.8 Å². The first kappa shape index (κ1) is 12.4. The molecule has 0 bridgehead atoms. The number of aromatic hydroxyl groups is 1. The van der Waals surface area contributed by atoms with Crippen LogP contribution in [-0.2, 0) is 11.2 Å². The summed E-state index contributed by atoms with van der Waals surface area (Å²) in [5, 5.41) is 18.3. The van der Waals surface area contributed by atoms with Crippen LogP contribution in [0.2, 0.25) is 0 Å². The number of rotatable bonds is 5. The van der Waals surface area contributed by atoms with Gasteiger partial charge in [0.05, 0.1) is 13.0 Å². The third kappa shape index (κ3) is 3.15. The van der Waals surface area contributed by atoms with E-state index in [9.17, 15) is 9.90 Å². The van der Waals surface area contributed by atoms with E-state index in [1.54, 1.807) is 32.2 Å². The number of phenols is 1. The number of carbonyl (C=O) groups is 1. The van der Waals surface area contributed by atoms with E-state index in [-0.39, 0.29) is 5.75 Å². The molecule has 2 N–H and O–H groups in total. The van der Waals surface area contributed by atoms with Gasteiger partial charge in [-0.05, 0) is 36.6 Å². The molecule has 0 saturated carbocycles. The van der Waals surface area contributed by atoms with Gasteiger partial charge in [-0.1, -0.05) is 6.92 Å². The summed E-state index contributed by atoms with van der Waals surface area (Å²) in [5.41, 5.74) is 0.715. The molecule has 1 unspecified atom stereocenters. The van der Waals surface area contributed by atoms with Crippen LogP contribution in [0.25, 0.3) is 0 Å². The SMILES string of the molecule is COc1ccc(O)c(CCC(C)C(=O)O)c1. The van der Waals surface area contributed by atoms with Gasteiger partial charge >= 0.3 is 5.97 Å². The Kier molecular flexibility index (Phi) is 4.17. The Morgan fingerprint density at radius 3 is 2.75 bits per heavy atom. The van der Waals surface area contributed by atoms with Crippen molar-refractivity contribution in [1.82, 2.24) is 0 Å². The number of ether oxygens (including phenoxy) is 1. The van der Waals surface area contributed by atoms with Gasteiger partial charge in [0.25, 0.3) is 0 Å². The van der Waals surface area contributed by atoms with Crippen molar-refractivity contribution >= 4 is 5.97 Å². The highest BCUT2D eigenvalue weighted by atomic mass is 16.5. The van der Waals surface area contributed by atoms with Gasteiger partial charge in [0, 0.05) is 0 Å². The average Bonchev–Trinajstić information content (AvgIpc) is 2.27. The Hall–Kier alpha value is -1.71. The van der Waals surface area contributed by atoms with Gasteiger partial charge in [-0.15, -0.1) is 0 Å². The Balaban J connectivity index is 2.69. The van der Waals surface area contributed by atoms with Crippen molar-refractivity contribution in [2.75, 3.05) is 7.11 Å². The van der Waals surface area contributed by atoms with E-state index in [1.165, 1.54) is 0 Å². The molecule has 1 aromatic carbocycles. The Morgan fingerprint density at radius 2 is 2.19 bits per heavy atom. The normalized spacial score (nSPS) is 12.1. The number of carboxylic acid groups (broad SMARTS) is 1. The molecule has 4 heteroatoms. The van der Waals surface area contributed by atoms with Crippen LogP contribution in [0.4, 0.5) is 0 Å². The van der Waals surface area contributed by atoms with Gasteiger partial charge in [-0.2, -0.15) is 0 Å². The number of aryl methyl sites for hydroxylation is 1. The molecule has 0 aliphatic rings. The van der Waals surface area contributed by atoms with Crippen molar-refractivity contribution in [2.24, 2.45) is 5.92 Å². The van der Waals surface area contributed by atoms with Gasteiger partial charge in [0.15, 0.2) is 0 Å². The van der Waals surface area contributed by atoms with Crippen LogP contribution in [0.5, 0.6) is 11.5 Å². The summed E-state index contributed by atoms with van der Waals surface area (Å²) in [6.07, 6.45) is 1.02. The second-order valence-electron chi connectivity index (χ2n) is 3.77. The minimum Gasteiger partial charge on any atom is -0.508 e. The number of benzene rings is 1. The van der Waals surface area contributed by atoms with E-state index in [1.807, 2.05) is 0 Å². The van der Waals surface area contributed by atoms with Gasteiger partial charge < -0.3 is 14.9 Å². The number of hydrogen-bond donors (Lipinski definition) is 2. The monoisotopic (exact) mass is 224 g/mol. The minimum atomic E-state index is -0.817. The summed E-state index contributed by atoms with van der Waals surface area (Å²) in [6.45, 7) is 1.65. The minimum absolute atomic E-state index is 0.179. The first-order valence-corrected chi connectivity index (χ1v) is 5.13. The van der Waals surface area contributed by atoms with Gasteiger partial charge in [0.1, 0.15) is 11.5 Å². The largest absolute Gasteiger partial charge is 0.508 e. The van der Waals surface area contributed by atoms with E-state index < -0.39 is 11.9 Å².